The molecule has 3 aromatic heterocycles. The Balaban J connectivity index is 1.00. The maximum atomic E-state index is 5.47. The molecule has 10 aromatic carbocycles. The van der Waals surface area contributed by atoms with Crippen LogP contribution in [0.25, 0.3) is 121 Å². The quantitative estimate of drug-likeness (QED) is 0.167. The van der Waals surface area contributed by atoms with Gasteiger partial charge in [0.15, 0.2) is 0 Å². The first-order valence-corrected chi connectivity index (χ1v) is 21.6. The van der Waals surface area contributed by atoms with Crippen molar-refractivity contribution in [1.29, 1.82) is 0 Å². The lowest BCUT2D eigenvalue weighted by atomic mass is 9.99. The van der Waals surface area contributed by atoms with Crippen LogP contribution in [-0.2, 0) is 0 Å². The summed E-state index contributed by atoms with van der Waals surface area (Å²) in [7, 11) is 0. The Morgan fingerprint density at radius 3 is 1.87 bits per heavy atom. The molecule has 0 unspecified atom stereocenters. The van der Waals surface area contributed by atoms with Gasteiger partial charge in [0.25, 0.3) is 0 Å². The van der Waals surface area contributed by atoms with E-state index in [0.717, 1.165) is 33.2 Å². The summed E-state index contributed by atoms with van der Waals surface area (Å²) in [6.45, 7) is 0. The van der Waals surface area contributed by atoms with E-state index < -0.39 is 0 Å². The highest BCUT2D eigenvalue weighted by atomic mass is 32.2. The van der Waals surface area contributed by atoms with E-state index in [9.17, 15) is 0 Å². The third kappa shape index (κ3) is 4.67. The molecule has 61 heavy (non-hydrogen) atoms. The zero-order chi connectivity index (χ0) is 39.8. The number of hydrogen-bond donors (Lipinski definition) is 0. The molecule has 0 saturated carbocycles. The summed E-state index contributed by atoms with van der Waals surface area (Å²) in [5, 5.41) is 13.3. The molecule has 282 valence electrons. The van der Waals surface area contributed by atoms with E-state index >= 15 is 0 Å². The van der Waals surface area contributed by atoms with Gasteiger partial charge in [0, 0.05) is 53.1 Å². The fraction of sp³-hybridized carbons (Fsp3) is 0. The molecule has 0 atom stereocenters. The van der Waals surface area contributed by atoms with E-state index in [0.29, 0.717) is 5.95 Å². The molecule has 1 aliphatic heterocycles. The van der Waals surface area contributed by atoms with Gasteiger partial charge in [-0.2, -0.15) is 0 Å². The van der Waals surface area contributed by atoms with Crippen LogP contribution < -0.4 is 0 Å². The first-order chi connectivity index (χ1) is 30.2. The Bertz CT molecular complexity index is 4040. The molecule has 0 bridgehead atoms. The number of hydrogen-bond acceptors (Lipinski definition) is 3. The SMILES string of the molecule is c1ccc2c(c1)Sc1cccc3nc(-n4c5ccc(-c6ccc7c(c6)c6ccccc6n7-c6cc7ccccc7c7ccccc67)cc5c5ccc6ccccc6c54)nc-2c13. The van der Waals surface area contributed by atoms with E-state index in [2.05, 4.69) is 203 Å². The van der Waals surface area contributed by atoms with Crippen molar-refractivity contribution in [1.82, 2.24) is 19.1 Å². The molecular formula is C56H32N4S. The third-order valence-corrected chi connectivity index (χ3v) is 14.0. The van der Waals surface area contributed by atoms with Crippen molar-refractivity contribution < 1.29 is 0 Å². The van der Waals surface area contributed by atoms with Gasteiger partial charge in [0.1, 0.15) is 0 Å². The van der Waals surface area contributed by atoms with Crippen LogP contribution in [0.5, 0.6) is 0 Å². The highest BCUT2D eigenvalue weighted by molar-refractivity contribution is 7.99. The summed E-state index contributed by atoms with van der Waals surface area (Å²) >= 11 is 1.80. The van der Waals surface area contributed by atoms with Crippen molar-refractivity contribution in [2.45, 2.75) is 9.79 Å². The summed E-state index contributed by atoms with van der Waals surface area (Å²) in [5.41, 5.74) is 11.2. The highest BCUT2D eigenvalue weighted by Crippen LogP contribution is 2.48. The molecule has 1 aliphatic rings. The van der Waals surface area contributed by atoms with Crippen LogP contribution in [0.2, 0.25) is 0 Å². The smallest absolute Gasteiger partial charge is 0.235 e. The maximum absolute atomic E-state index is 5.47. The van der Waals surface area contributed by atoms with Crippen LogP contribution in [0, 0.1) is 0 Å². The van der Waals surface area contributed by atoms with Gasteiger partial charge in [0.2, 0.25) is 5.95 Å². The molecule has 0 fully saturated rings. The summed E-state index contributed by atoms with van der Waals surface area (Å²) in [4.78, 5) is 13.2. The highest BCUT2D eigenvalue weighted by Gasteiger charge is 2.25. The third-order valence-electron chi connectivity index (χ3n) is 12.9. The molecule has 13 aromatic rings. The summed E-state index contributed by atoms with van der Waals surface area (Å²) in [6.07, 6.45) is 0. The summed E-state index contributed by atoms with van der Waals surface area (Å²) < 4.78 is 4.76. The number of nitrogens with zero attached hydrogens (tertiary/aromatic N) is 4. The Morgan fingerprint density at radius 1 is 0.377 bits per heavy atom. The Hall–Kier alpha value is -7.73. The van der Waals surface area contributed by atoms with E-state index in [4.69, 9.17) is 9.97 Å². The predicted molar refractivity (Wildman–Crippen MR) is 256 cm³/mol. The zero-order valence-corrected chi connectivity index (χ0v) is 33.5. The van der Waals surface area contributed by atoms with Crippen molar-refractivity contribution in [2.24, 2.45) is 0 Å². The average molecular weight is 793 g/mol. The number of para-hydroxylation sites is 1. The second-order valence-electron chi connectivity index (χ2n) is 16.1. The van der Waals surface area contributed by atoms with Crippen LogP contribution in [-0.4, -0.2) is 19.1 Å². The van der Waals surface area contributed by atoms with E-state index in [1.54, 1.807) is 11.8 Å². The van der Waals surface area contributed by atoms with Gasteiger partial charge < -0.3 is 4.57 Å². The van der Waals surface area contributed by atoms with Gasteiger partial charge >= 0.3 is 0 Å². The van der Waals surface area contributed by atoms with Gasteiger partial charge in [-0.25, -0.2) is 9.97 Å². The van der Waals surface area contributed by atoms with Gasteiger partial charge in [0.05, 0.1) is 39.0 Å². The summed E-state index contributed by atoms with van der Waals surface area (Å²) in [6, 6.07) is 70.8. The topological polar surface area (TPSA) is 35.6 Å². The van der Waals surface area contributed by atoms with Gasteiger partial charge in [-0.05, 0) is 87.3 Å². The Labute approximate surface area is 354 Å². The molecule has 4 nitrogen and oxygen atoms in total. The average Bonchev–Trinajstić information content (AvgIpc) is 3.84. The molecule has 0 radical (unpaired) electrons. The number of aromatic nitrogens is 4. The second-order valence-corrected chi connectivity index (χ2v) is 17.2. The minimum absolute atomic E-state index is 0.681. The molecular weight excluding hydrogens is 761 g/mol. The Kier molecular flexibility index (Phi) is 6.74. The lowest BCUT2D eigenvalue weighted by Crippen LogP contribution is -2.05. The standard InChI is InChI=1S/C56H32N4S/c1-4-15-38-33(12-1)24-27-42-45-31-35(26-29-49(45)60(55(38)42)56-57-46-20-11-23-52-53(46)54(58-56)43-19-8-10-22-51(43)61-52)34-25-28-48-44(30-34)41-18-7-9-21-47(41)59(48)50-32-36-13-2-3-14-37(36)39-16-5-6-17-40(39)50/h1-32H. The fourth-order valence-electron chi connectivity index (χ4n) is 10.2. The van der Waals surface area contributed by atoms with Gasteiger partial charge in [-0.15, -0.1) is 0 Å². The monoisotopic (exact) mass is 792 g/mol. The largest absolute Gasteiger partial charge is 0.309 e. The van der Waals surface area contributed by atoms with E-state index in [1.807, 2.05) is 0 Å². The van der Waals surface area contributed by atoms with Gasteiger partial charge in [-0.3, -0.25) is 4.57 Å². The zero-order valence-electron chi connectivity index (χ0n) is 32.7. The maximum Gasteiger partial charge on any atom is 0.235 e. The van der Waals surface area contributed by atoms with Crippen LogP contribution in [0.15, 0.2) is 204 Å². The molecule has 0 N–H and O–H groups in total. The van der Waals surface area contributed by atoms with E-state index in [1.165, 1.54) is 91.5 Å². The van der Waals surface area contributed by atoms with Crippen molar-refractivity contribution in [3.63, 3.8) is 0 Å². The molecule has 0 aliphatic carbocycles. The molecule has 0 saturated heterocycles. The van der Waals surface area contributed by atoms with Gasteiger partial charge in [-0.1, -0.05) is 151 Å². The number of fused-ring (bicyclic) bond motifs is 13. The van der Waals surface area contributed by atoms with Crippen LogP contribution >= 0.6 is 11.8 Å². The molecule has 0 spiro atoms. The normalized spacial score (nSPS) is 12.5. The first-order valence-electron chi connectivity index (χ1n) is 20.7. The minimum atomic E-state index is 0.681. The molecule has 4 heterocycles. The van der Waals surface area contributed by atoms with Crippen molar-refractivity contribution in [2.75, 3.05) is 0 Å². The van der Waals surface area contributed by atoms with E-state index in [-0.39, 0.29) is 0 Å². The van der Waals surface area contributed by atoms with Crippen LogP contribution in [0.3, 0.4) is 0 Å². The van der Waals surface area contributed by atoms with Crippen molar-refractivity contribution in [3.8, 4) is 34.0 Å². The lowest BCUT2D eigenvalue weighted by molar-refractivity contribution is 1.01. The van der Waals surface area contributed by atoms with Crippen LogP contribution in [0.4, 0.5) is 0 Å². The fourth-order valence-corrected chi connectivity index (χ4v) is 11.3. The minimum Gasteiger partial charge on any atom is -0.309 e. The van der Waals surface area contributed by atoms with Crippen molar-refractivity contribution in [3.05, 3.63) is 194 Å². The second kappa shape index (κ2) is 12.4. The molecule has 0 amide bonds. The first kappa shape index (κ1) is 33.1. The number of rotatable bonds is 3. The number of benzene rings is 10. The van der Waals surface area contributed by atoms with Crippen LogP contribution in [0.1, 0.15) is 0 Å². The summed E-state index contributed by atoms with van der Waals surface area (Å²) in [5.74, 6) is 0.681. The molecule has 5 heteroatoms. The molecule has 14 rings (SSSR count). The lowest BCUT2D eigenvalue weighted by Gasteiger charge is -2.20. The van der Waals surface area contributed by atoms with Crippen molar-refractivity contribution >= 4 is 98.6 Å². The Morgan fingerprint density at radius 2 is 1.02 bits per heavy atom. The predicted octanol–water partition coefficient (Wildman–Crippen LogP) is 15.1.